The maximum Gasteiger partial charge on any atom is 0.255 e. The fourth-order valence-corrected chi connectivity index (χ4v) is 2.18. The Kier molecular flexibility index (Phi) is 4.75. The first kappa shape index (κ1) is 15.7. The number of amides is 1. The molecule has 1 amide bonds. The van der Waals surface area contributed by atoms with Gasteiger partial charge in [0, 0.05) is 16.7 Å². The molecule has 2 aromatic rings. The van der Waals surface area contributed by atoms with Crippen LogP contribution in [-0.2, 0) is 0 Å². The average Bonchev–Trinajstić information content (AvgIpc) is 2.45. The van der Waals surface area contributed by atoms with E-state index in [9.17, 15) is 9.90 Å². The Hall–Kier alpha value is -1.72. The summed E-state index contributed by atoms with van der Waals surface area (Å²) in [5.74, 6) is 0.125. The van der Waals surface area contributed by atoms with Gasteiger partial charge < -0.3 is 15.2 Å². The number of phenolic OH excluding ortho intramolecular Hbond substituents is 1. The van der Waals surface area contributed by atoms with Gasteiger partial charge in [0.05, 0.1) is 17.3 Å². The molecule has 2 N–H and O–H groups in total. The number of carbonyl (C=O) groups is 1. The van der Waals surface area contributed by atoms with Crippen LogP contribution in [0.2, 0.25) is 5.02 Å². The number of aromatic hydroxyl groups is 1. The molecule has 2 rings (SSSR count). The van der Waals surface area contributed by atoms with E-state index in [4.69, 9.17) is 16.3 Å². The summed E-state index contributed by atoms with van der Waals surface area (Å²) in [6.07, 6.45) is 0. The number of rotatable bonds is 3. The molecule has 0 heterocycles. The summed E-state index contributed by atoms with van der Waals surface area (Å²) >= 11 is 9.19. The molecule has 0 aliphatic rings. The zero-order valence-electron chi connectivity index (χ0n) is 11.4. The number of halogens is 2. The number of benzene rings is 2. The topological polar surface area (TPSA) is 58.6 Å². The van der Waals surface area contributed by atoms with Gasteiger partial charge in [0.1, 0.15) is 11.5 Å². The van der Waals surface area contributed by atoms with Gasteiger partial charge in [-0.05, 0) is 52.7 Å². The van der Waals surface area contributed by atoms with Gasteiger partial charge in [-0.25, -0.2) is 0 Å². The second-order valence-corrected chi connectivity index (χ2v) is 5.68. The number of nitrogens with one attached hydrogen (secondary N) is 1. The summed E-state index contributed by atoms with van der Waals surface area (Å²) < 4.78 is 5.73. The van der Waals surface area contributed by atoms with Gasteiger partial charge in [-0.15, -0.1) is 0 Å². The number of aryl methyl sites for hydroxylation is 1. The van der Waals surface area contributed by atoms with Crippen LogP contribution in [0.1, 0.15) is 15.9 Å². The Morgan fingerprint density at radius 3 is 2.67 bits per heavy atom. The molecule has 0 spiro atoms. The Balaban J connectivity index is 2.31. The van der Waals surface area contributed by atoms with E-state index in [0.29, 0.717) is 26.5 Å². The highest BCUT2D eigenvalue weighted by molar-refractivity contribution is 9.10. The minimum atomic E-state index is -0.349. The molecule has 0 fully saturated rings. The highest BCUT2D eigenvalue weighted by Gasteiger charge is 2.13. The number of carbonyl (C=O) groups excluding carboxylic acids is 1. The van der Waals surface area contributed by atoms with Crippen molar-refractivity contribution in [2.45, 2.75) is 6.92 Å². The molecule has 2 aromatic carbocycles. The van der Waals surface area contributed by atoms with E-state index in [-0.39, 0.29) is 11.7 Å². The van der Waals surface area contributed by atoms with Gasteiger partial charge in [-0.2, -0.15) is 0 Å². The van der Waals surface area contributed by atoms with Crippen LogP contribution in [0.15, 0.2) is 34.8 Å². The minimum absolute atomic E-state index is 0.00176. The number of methoxy groups -OCH3 is 1. The average molecular weight is 371 g/mol. The number of hydrogen-bond donors (Lipinski definition) is 2. The smallest absolute Gasteiger partial charge is 0.255 e. The van der Waals surface area contributed by atoms with Crippen LogP contribution in [0.4, 0.5) is 5.69 Å². The molecule has 0 aromatic heterocycles. The van der Waals surface area contributed by atoms with E-state index in [1.54, 1.807) is 24.3 Å². The van der Waals surface area contributed by atoms with Crippen LogP contribution in [0, 0.1) is 6.92 Å². The molecule has 0 atom stereocenters. The normalized spacial score (nSPS) is 10.3. The summed E-state index contributed by atoms with van der Waals surface area (Å²) in [6.45, 7) is 1.84. The summed E-state index contributed by atoms with van der Waals surface area (Å²) in [6, 6.07) is 7.97. The first-order valence-electron chi connectivity index (χ1n) is 6.06. The quantitative estimate of drug-likeness (QED) is 0.843. The van der Waals surface area contributed by atoms with Crippen molar-refractivity contribution < 1.29 is 14.6 Å². The van der Waals surface area contributed by atoms with Crippen molar-refractivity contribution in [1.82, 2.24) is 0 Å². The van der Waals surface area contributed by atoms with Gasteiger partial charge >= 0.3 is 0 Å². The van der Waals surface area contributed by atoms with Crippen LogP contribution in [0.3, 0.4) is 0 Å². The van der Waals surface area contributed by atoms with Gasteiger partial charge in [-0.1, -0.05) is 11.6 Å². The fourth-order valence-electron chi connectivity index (χ4n) is 1.78. The number of phenols is 1. The van der Waals surface area contributed by atoms with E-state index in [1.165, 1.54) is 13.2 Å². The van der Waals surface area contributed by atoms with E-state index < -0.39 is 0 Å². The Morgan fingerprint density at radius 1 is 1.33 bits per heavy atom. The standard InChI is InChI=1S/C15H13BrClNO3/c1-8-5-12(14(21-2)7-11(8)17)18-15(20)9-3-4-10(16)13(19)6-9/h3-7,19H,1-2H3,(H,18,20). The summed E-state index contributed by atoms with van der Waals surface area (Å²) in [4.78, 5) is 12.2. The SMILES string of the molecule is COc1cc(Cl)c(C)cc1NC(=O)c1ccc(Br)c(O)c1. The molecule has 0 bridgehead atoms. The maximum atomic E-state index is 12.2. The van der Waals surface area contributed by atoms with Crippen molar-refractivity contribution in [2.24, 2.45) is 0 Å². The molecule has 0 saturated carbocycles. The lowest BCUT2D eigenvalue weighted by Crippen LogP contribution is -2.12. The van der Waals surface area contributed by atoms with Crippen molar-refractivity contribution in [3.8, 4) is 11.5 Å². The van der Waals surface area contributed by atoms with Crippen molar-refractivity contribution in [3.05, 3.63) is 51.0 Å². The van der Waals surface area contributed by atoms with E-state index >= 15 is 0 Å². The lowest BCUT2D eigenvalue weighted by molar-refractivity contribution is 0.102. The maximum absolute atomic E-state index is 12.2. The Bertz CT molecular complexity index is 704. The van der Waals surface area contributed by atoms with E-state index in [0.717, 1.165) is 5.56 Å². The van der Waals surface area contributed by atoms with E-state index in [1.807, 2.05) is 6.92 Å². The third kappa shape index (κ3) is 3.49. The van der Waals surface area contributed by atoms with Crippen molar-refractivity contribution in [2.75, 3.05) is 12.4 Å². The largest absolute Gasteiger partial charge is 0.507 e. The summed E-state index contributed by atoms with van der Waals surface area (Å²) in [7, 11) is 1.50. The lowest BCUT2D eigenvalue weighted by atomic mass is 10.1. The van der Waals surface area contributed by atoms with Gasteiger partial charge in [0.25, 0.3) is 5.91 Å². The van der Waals surface area contributed by atoms with Crippen LogP contribution in [-0.4, -0.2) is 18.1 Å². The first-order chi connectivity index (χ1) is 9.92. The molecule has 6 heteroatoms. The predicted molar refractivity (Wildman–Crippen MR) is 86.5 cm³/mol. The zero-order valence-corrected chi connectivity index (χ0v) is 13.7. The summed E-state index contributed by atoms with van der Waals surface area (Å²) in [5.41, 5.74) is 1.68. The van der Waals surface area contributed by atoms with Crippen molar-refractivity contribution in [1.29, 1.82) is 0 Å². The molecule has 0 aliphatic carbocycles. The first-order valence-corrected chi connectivity index (χ1v) is 7.23. The fraction of sp³-hybridized carbons (Fsp3) is 0.133. The van der Waals surface area contributed by atoms with Gasteiger partial charge in [0.2, 0.25) is 0 Å². The third-order valence-electron chi connectivity index (χ3n) is 2.94. The minimum Gasteiger partial charge on any atom is -0.507 e. The third-order valence-corrected chi connectivity index (χ3v) is 4.02. The van der Waals surface area contributed by atoms with E-state index in [2.05, 4.69) is 21.2 Å². The number of hydrogen-bond acceptors (Lipinski definition) is 3. The highest BCUT2D eigenvalue weighted by Crippen LogP contribution is 2.31. The Labute approximate surface area is 135 Å². The second-order valence-electron chi connectivity index (χ2n) is 4.42. The zero-order chi connectivity index (χ0) is 15.6. The van der Waals surface area contributed by atoms with Gasteiger partial charge in [0.15, 0.2) is 0 Å². The number of anilines is 1. The molecule has 0 saturated heterocycles. The highest BCUT2D eigenvalue weighted by atomic mass is 79.9. The Morgan fingerprint density at radius 2 is 2.05 bits per heavy atom. The molecular formula is C15H13BrClNO3. The molecule has 0 radical (unpaired) electrons. The van der Waals surface area contributed by atoms with Gasteiger partial charge in [-0.3, -0.25) is 4.79 Å². The molecule has 0 aliphatic heterocycles. The van der Waals surface area contributed by atoms with Crippen LogP contribution in [0.25, 0.3) is 0 Å². The molecule has 110 valence electrons. The molecule has 0 unspecified atom stereocenters. The summed E-state index contributed by atoms with van der Waals surface area (Å²) in [5, 5.41) is 12.9. The number of ether oxygens (including phenoxy) is 1. The van der Waals surface area contributed by atoms with Crippen molar-refractivity contribution >= 4 is 39.1 Å². The molecular weight excluding hydrogens is 358 g/mol. The lowest BCUT2D eigenvalue weighted by Gasteiger charge is -2.12. The monoisotopic (exact) mass is 369 g/mol. The van der Waals surface area contributed by atoms with Crippen LogP contribution >= 0.6 is 27.5 Å². The second kappa shape index (κ2) is 6.37. The van der Waals surface area contributed by atoms with Crippen molar-refractivity contribution in [3.63, 3.8) is 0 Å². The van der Waals surface area contributed by atoms with Crippen LogP contribution < -0.4 is 10.1 Å². The molecule has 21 heavy (non-hydrogen) atoms. The predicted octanol–water partition coefficient (Wildman–Crippen LogP) is 4.38. The molecule has 4 nitrogen and oxygen atoms in total. The van der Waals surface area contributed by atoms with Crippen LogP contribution in [0.5, 0.6) is 11.5 Å².